The first-order valence-corrected chi connectivity index (χ1v) is 13.7. The summed E-state index contributed by atoms with van der Waals surface area (Å²) < 4.78 is 24.0. The molecule has 0 atom stereocenters. The Hall–Kier alpha value is -0.100. The summed E-state index contributed by atoms with van der Waals surface area (Å²) >= 11 is 0. The summed E-state index contributed by atoms with van der Waals surface area (Å²) in [5.41, 5.74) is 0. The number of hydrogen-bond donors (Lipinski definition) is 0. The summed E-state index contributed by atoms with van der Waals surface area (Å²) in [7, 11) is 4.00. The molecule has 0 bridgehead atoms. The summed E-state index contributed by atoms with van der Waals surface area (Å²) in [6.07, 6.45) is 18.5. The topological polar surface area (TPSA) is 34.1 Å². The minimum absolute atomic E-state index is 0.0988. The predicted octanol–water partition coefficient (Wildman–Crippen LogP) is 8.38. The molecule has 2 nitrogen and oxygen atoms in total. The van der Waals surface area contributed by atoms with Gasteiger partial charge in [0.05, 0.1) is 0 Å². The maximum atomic E-state index is 12.0. The zero-order chi connectivity index (χ0) is 20.7. The van der Waals surface area contributed by atoms with Gasteiger partial charge in [0.15, 0.2) is 0 Å². The van der Waals surface area contributed by atoms with Crippen molar-refractivity contribution in [2.75, 3.05) is 11.5 Å². The van der Waals surface area contributed by atoms with Crippen LogP contribution < -0.4 is 0 Å². The Morgan fingerprint density at radius 1 is 0.429 bits per heavy atom. The second kappa shape index (κ2) is 23.2. The molecule has 0 amide bonds. The van der Waals surface area contributed by atoms with Crippen LogP contribution in [0.1, 0.15) is 116 Å². The predicted molar refractivity (Wildman–Crippen MR) is 120 cm³/mol. The van der Waals surface area contributed by atoms with Gasteiger partial charge in [0, 0.05) is 24.3 Å². The minimum Gasteiger partial charge on any atom is -0.261 e. The molecule has 0 radical (unpaired) electrons. The third kappa shape index (κ3) is 25.9. The highest BCUT2D eigenvalue weighted by atomic mass is 33.1. The van der Waals surface area contributed by atoms with Crippen LogP contribution in [-0.4, -0.2) is 23.6 Å². The zero-order valence-corrected chi connectivity index (χ0v) is 19.2. The number of halogens is 2. The van der Waals surface area contributed by atoms with Crippen molar-refractivity contribution >= 4 is 33.7 Å². The van der Waals surface area contributed by atoms with Crippen LogP contribution in [0.2, 0.25) is 0 Å². The van der Waals surface area contributed by atoms with E-state index in [1.807, 2.05) is 21.6 Å². The van der Waals surface area contributed by atoms with Gasteiger partial charge in [0.2, 0.25) is 0 Å². The van der Waals surface area contributed by atoms with Crippen molar-refractivity contribution in [3.63, 3.8) is 0 Å². The lowest BCUT2D eigenvalue weighted by atomic mass is 10.1. The van der Waals surface area contributed by atoms with E-state index in [4.69, 9.17) is 0 Å². The average Bonchev–Trinajstić information content (AvgIpc) is 2.65. The third-order valence-corrected chi connectivity index (χ3v) is 7.36. The van der Waals surface area contributed by atoms with Gasteiger partial charge in [-0.25, -0.2) is 0 Å². The molecule has 0 unspecified atom stereocenters. The van der Waals surface area contributed by atoms with E-state index < -0.39 is 12.1 Å². The van der Waals surface area contributed by atoms with Crippen molar-refractivity contribution in [3.05, 3.63) is 0 Å². The Morgan fingerprint density at radius 2 is 0.679 bits per heavy atom. The quantitative estimate of drug-likeness (QED) is 0.0911. The molecule has 0 aromatic heterocycles. The van der Waals surface area contributed by atoms with Crippen LogP contribution in [0.4, 0.5) is 8.78 Å². The number of hydrogen-bond acceptors (Lipinski definition) is 4. The van der Waals surface area contributed by atoms with Gasteiger partial charge in [-0.15, -0.1) is 0 Å². The molecular weight excluding hydrogens is 398 g/mol. The second-order valence-corrected chi connectivity index (χ2v) is 10.2. The van der Waals surface area contributed by atoms with Crippen LogP contribution in [0.15, 0.2) is 0 Å². The molecule has 6 heteroatoms. The van der Waals surface area contributed by atoms with E-state index >= 15 is 0 Å². The molecule has 0 aliphatic heterocycles. The molecule has 0 saturated heterocycles. The molecule has 0 rings (SSSR count). The number of carbonyl (C=O) groups is 2. The fourth-order valence-corrected chi connectivity index (χ4v) is 5.38. The Kier molecular flexibility index (Phi) is 23.1. The van der Waals surface area contributed by atoms with Gasteiger partial charge in [-0.2, -0.15) is 8.78 Å². The fraction of sp³-hybridized carbons (Fsp3) is 0.909. The average molecular weight is 439 g/mol. The van der Waals surface area contributed by atoms with Crippen LogP contribution in [0.3, 0.4) is 0 Å². The molecule has 0 aromatic rings. The van der Waals surface area contributed by atoms with E-state index in [1.165, 1.54) is 75.7 Å². The molecule has 0 fully saturated rings. The smallest absolute Gasteiger partial charge is 0.261 e. The van der Waals surface area contributed by atoms with Crippen molar-refractivity contribution < 1.29 is 18.4 Å². The first-order chi connectivity index (χ1) is 13.6. The van der Waals surface area contributed by atoms with Gasteiger partial charge in [-0.1, -0.05) is 98.6 Å². The molecule has 0 heterocycles. The van der Waals surface area contributed by atoms with Crippen LogP contribution in [-0.2, 0) is 9.59 Å². The standard InChI is InChI=1S/C22H40F2O2S2/c23-21(25)17-13-9-5-1-3-7-11-15-19-27-28-20-16-12-8-4-2-6-10-14-18-22(24)26/h1-20H2. The highest BCUT2D eigenvalue weighted by molar-refractivity contribution is 8.76. The first kappa shape index (κ1) is 27.9. The number of carbonyl (C=O) groups excluding carboxylic acids is 2. The van der Waals surface area contributed by atoms with Gasteiger partial charge in [0.25, 0.3) is 0 Å². The lowest BCUT2D eigenvalue weighted by Gasteiger charge is -2.03. The lowest BCUT2D eigenvalue weighted by molar-refractivity contribution is -0.130. The molecule has 28 heavy (non-hydrogen) atoms. The van der Waals surface area contributed by atoms with E-state index in [0.29, 0.717) is 12.8 Å². The van der Waals surface area contributed by atoms with Crippen molar-refractivity contribution in [3.8, 4) is 0 Å². The van der Waals surface area contributed by atoms with Gasteiger partial charge in [0.1, 0.15) is 0 Å². The van der Waals surface area contributed by atoms with Crippen molar-refractivity contribution in [2.24, 2.45) is 0 Å². The van der Waals surface area contributed by atoms with Crippen LogP contribution in [0, 0.1) is 0 Å². The number of unbranched alkanes of at least 4 members (excludes halogenated alkanes) is 14. The zero-order valence-electron chi connectivity index (χ0n) is 17.5. The maximum Gasteiger partial charge on any atom is 0.301 e. The van der Waals surface area contributed by atoms with Crippen LogP contribution in [0.5, 0.6) is 0 Å². The Balaban J connectivity index is 3.01. The van der Waals surface area contributed by atoms with E-state index in [0.717, 1.165) is 25.7 Å². The maximum absolute atomic E-state index is 12.0. The Bertz CT molecular complexity index is 334. The molecular formula is C22H40F2O2S2. The molecule has 0 aliphatic carbocycles. The fourth-order valence-electron chi connectivity index (χ4n) is 3.09. The van der Waals surface area contributed by atoms with Crippen molar-refractivity contribution in [2.45, 2.75) is 116 Å². The largest absolute Gasteiger partial charge is 0.301 e. The van der Waals surface area contributed by atoms with Gasteiger partial charge < -0.3 is 0 Å². The first-order valence-electron chi connectivity index (χ1n) is 11.2. The minimum atomic E-state index is -1.17. The SMILES string of the molecule is O=C(F)CCCCCCCCCCSSCCCCCCCCCCC(=O)F. The summed E-state index contributed by atoms with van der Waals surface area (Å²) in [5.74, 6) is 2.48. The van der Waals surface area contributed by atoms with E-state index in [-0.39, 0.29) is 12.8 Å². The van der Waals surface area contributed by atoms with E-state index in [9.17, 15) is 18.4 Å². The summed E-state index contributed by atoms with van der Waals surface area (Å²) in [6.45, 7) is 0. The molecule has 0 aliphatic rings. The molecule has 0 saturated carbocycles. The summed E-state index contributed by atoms with van der Waals surface area (Å²) in [5, 5.41) is 0. The van der Waals surface area contributed by atoms with Gasteiger partial charge in [-0.3, -0.25) is 9.59 Å². The van der Waals surface area contributed by atoms with Crippen molar-refractivity contribution in [1.82, 2.24) is 0 Å². The van der Waals surface area contributed by atoms with Crippen LogP contribution >= 0.6 is 21.6 Å². The summed E-state index contributed by atoms with van der Waals surface area (Å²) in [4.78, 5) is 20.3. The monoisotopic (exact) mass is 438 g/mol. The normalized spacial score (nSPS) is 11.1. The highest BCUT2D eigenvalue weighted by Gasteiger charge is 1.99. The summed E-state index contributed by atoms with van der Waals surface area (Å²) in [6, 6.07) is -2.35. The highest BCUT2D eigenvalue weighted by Crippen LogP contribution is 2.25. The third-order valence-electron chi connectivity index (χ3n) is 4.79. The van der Waals surface area contributed by atoms with Crippen LogP contribution in [0.25, 0.3) is 0 Å². The Labute approximate surface area is 179 Å². The Morgan fingerprint density at radius 3 is 0.964 bits per heavy atom. The molecule has 0 N–H and O–H groups in total. The molecule has 166 valence electrons. The van der Waals surface area contributed by atoms with Gasteiger partial charge >= 0.3 is 12.1 Å². The van der Waals surface area contributed by atoms with E-state index in [2.05, 4.69) is 0 Å². The molecule has 0 spiro atoms. The molecule has 0 aromatic carbocycles. The van der Waals surface area contributed by atoms with Gasteiger partial charge in [-0.05, 0) is 25.7 Å². The van der Waals surface area contributed by atoms with Crippen molar-refractivity contribution in [1.29, 1.82) is 0 Å². The number of rotatable bonds is 23. The van der Waals surface area contributed by atoms with E-state index in [1.54, 1.807) is 0 Å². The second-order valence-electron chi connectivity index (χ2n) is 7.51. The lowest BCUT2D eigenvalue weighted by Crippen LogP contribution is -1.88.